The van der Waals surface area contributed by atoms with Crippen LogP contribution in [-0.4, -0.2) is 13.0 Å². The molecule has 0 radical (unpaired) electrons. The van der Waals surface area contributed by atoms with Gasteiger partial charge in [-0.2, -0.15) is 0 Å². The third kappa shape index (κ3) is 3.86. The minimum atomic E-state index is -0.179. The lowest BCUT2D eigenvalue weighted by Gasteiger charge is -2.13. The molecule has 1 unspecified atom stereocenters. The third-order valence-electron chi connectivity index (χ3n) is 3.06. The van der Waals surface area contributed by atoms with Gasteiger partial charge in [0.15, 0.2) is 0 Å². The van der Waals surface area contributed by atoms with Crippen LogP contribution < -0.4 is 10.1 Å². The molecule has 3 nitrogen and oxygen atoms in total. The number of hydrogen-bond acceptors (Lipinski definition) is 2. The Kier molecular flexibility index (Phi) is 5.42. The topological polar surface area (TPSA) is 38.3 Å². The van der Waals surface area contributed by atoms with Crippen LogP contribution in [-0.2, 0) is 0 Å². The van der Waals surface area contributed by atoms with Gasteiger partial charge in [0.05, 0.1) is 12.7 Å². The molecule has 2 rings (SSSR count). The minimum absolute atomic E-state index is 0.155. The molecule has 2 aromatic rings. The second-order valence-electron chi connectivity index (χ2n) is 4.50. The number of nitrogens with one attached hydrogen (secondary N) is 1. The Hall–Kier alpha value is -1.33. The molecule has 110 valence electrons. The smallest absolute Gasteiger partial charge is 0.256 e. The number of para-hydroxylation sites is 1. The Balaban J connectivity index is 2.30. The van der Waals surface area contributed by atoms with Gasteiger partial charge in [-0.25, -0.2) is 0 Å². The van der Waals surface area contributed by atoms with Crippen molar-refractivity contribution in [2.45, 2.75) is 11.8 Å². The fraction of sp³-hybridized carbons (Fsp3) is 0.188. The van der Waals surface area contributed by atoms with Crippen molar-refractivity contribution >= 4 is 43.5 Å². The fourth-order valence-electron chi connectivity index (χ4n) is 1.95. The van der Waals surface area contributed by atoms with Crippen molar-refractivity contribution in [2.75, 3.05) is 12.4 Å². The molecular weight excluding hydrogens is 398 g/mol. The van der Waals surface area contributed by atoms with Gasteiger partial charge >= 0.3 is 0 Å². The summed E-state index contributed by atoms with van der Waals surface area (Å²) in [6.07, 6.45) is 0. The van der Waals surface area contributed by atoms with Gasteiger partial charge in [0.25, 0.3) is 5.91 Å². The minimum Gasteiger partial charge on any atom is -0.497 e. The van der Waals surface area contributed by atoms with E-state index in [2.05, 4.69) is 37.2 Å². The van der Waals surface area contributed by atoms with E-state index in [0.29, 0.717) is 11.3 Å². The number of amides is 1. The van der Waals surface area contributed by atoms with Crippen LogP contribution in [0.3, 0.4) is 0 Å². The Morgan fingerprint density at radius 2 is 1.95 bits per heavy atom. The van der Waals surface area contributed by atoms with E-state index in [1.807, 2.05) is 31.2 Å². The number of benzene rings is 2. The zero-order valence-corrected chi connectivity index (χ0v) is 14.9. The summed E-state index contributed by atoms with van der Waals surface area (Å²) >= 11 is 6.93. The quantitative estimate of drug-likeness (QED) is 0.703. The van der Waals surface area contributed by atoms with Gasteiger partial charge in [-0.1, -0.05) is 34.1 Å². The first-order chi connectivity index (χ1) is 10.0. The molecule has 0 aliphatic rings. The number of methoxy groups -OCH3 is 1. The lowest BCUT2D eigenvalue weighted by molar-refractivity contribution is 0.102. The first-order valence-corrected chi connectivity index (χ1v) is 8.11. The average molecular weight is 413 g/mol. The lowest BCUT2D eigenvalue weighted by Crippen LogP contribution is -2.14. The van der Waals surface area contributed by atoms with Crippen molar-refractivity contribution in [3.63, 3.8) is 0 Å². The second-order valence-corrected chi connectivity index (χ2v) is 6.73. The Labute approximate surface area is 141 Å². The molecule has 0 aliphatic heterocycles. The van der Waals surface area contributed by atoms with Crippen LogP contribution in [0.25, 0.3) is 0 Å². The molecule has 0 saturated carbocycles. The van der Waals surface area contributed by atoms with E-state index in [-0.39, 0.29) is 10.7 Å². The molecule has 0 spiro atoms. The largest absolute Gasteiger partial charge is 0.497 e. The highest BCUT2D eigenvalue weighted by Gasteiger charge is 2.14. The zero-order valence-electron chi connectivity index (χ0n) is 11.7. The molecule has 0 aromatic heterocycles. The number of anilines is 1. The van der Waals surface area contributed by atoms with Gasteiger partial charge in [-0.15, -0.1) is 0 Å². The third-order valence-corrected chi connectivity index (χ3v) is 4.24. The summed E-state index contributed by atoms with van der Waals surface area (Å²) in [5, 5.41) is 2.95. The van der Waals surface area contributed by atoms with E-state index in [9.17, 15) is 4.79 Å². The molecule has 0 fully saturated rings. The SMILES string of the molecule is COc1ccc(Br)c(C(=O)Nc2ccccc2C(C)Br)c1. The molecule has 1 N–H and O–H groups in total. The first kappa shape index (κ1) is 16.0. The highest BCUT2D eigenvalue weighted by molar-refractivity contribution is 9.10. The van der Waals surface area contributed by atoms with E-state index in [1.165, 1.54) is 0 Å². The number of rotatable bonds is 4. The van der Waals surface area contributed by atoms with Crippen LogP contribution in [0.15, 0.2) is 46.9 Å². The van der Waals surface area contributed by atoms with E-state index >= 15 is 0 Å². The maximum atomic E-state index is 12.5. The molecule has 1 amide bonds. The van der Waals surface area contributed by atoms with Crippen molar-refractivity contribution in [2.24, 2.45) is 0 Å². The molecular formula is C16H15Br2NO2. The molecule has 5 heteroatoms. The van der Waals surface area contributed by atoms with Gasteiger partial charge in [-0.05, 0) is 52.7 Å². The number of hydrogen-bond donors (Lipinski definition) is 1. The van der Waals surface area contributed by atoms with Crippen LogP contribution in [0.4, 0.5) is 5.69 Å². The van der Waals surface area contributed by atoms with E-state index in [4.69, 9.17) is 4.74 Å². The Morgan fingerprint density at radius 1 is 1.24 bits per heavy atom. The molecule has 0 saturated heterocycles. The summed E-state index contributed by atoms with van der Waals surface area (Å²) in [5.41, 5.74) is 2.36. The molecule has 2 aromatic carbocycles. The summed E-state index contributed by atoms with van der Waals surface area (Å²) in [5.74, 6) is 0.465. The van der Waals surface area contributed by atoms with Gasteiger partial charge < -0.3 is 10.1 Å². The van der Waals surface area contributed by atoms with Crippen molar-refractivity contribution < 1.29 is 9.53 Å². The molecule has 0 aliphatic carbocycles. The van der Waals surface area contributed by atoms with Crippen LogP contribution >= 0.6 is 31.9 Å². The number of alkyl halides is 1. The maximum Gasteiger partial charge on any atom is 0.256 e. The summed E-state index contributed by atoms with van der Waals surface area (Å²) in [7, 11) is 1.58. The summed E-state index contributed by atoms with van der Waals surface area (Å²) < 4.78 is 5.89. The van der Waals surface area contributed by atoms with Gasteiger partial charge in [-0.3, -0.25) is 4.79 Å². The highest BCUT2D eigenvalue weighted by atomic mass is 79.9. The van der Waals surface area contributed by atoms with E-state index in [0.717, 1.165) is 15.7 Å². The number of carbonyl (C=O) groups is 1. The molecule has 0 heterocycles. The zero-order chi connectivity index (χ0) is 15.4. The molecule has 1 atom stereocenters. The summed E-state index contributed by atoms with van der Waals surface area (Å²) in [6, 6.07) is 13.0. The van der Waals surface area contributed by atoms with Gasteiger partial charge in [0, 0.05) is 15.0 Å². The van der Waals surface area contributed by atoms with Crippen LogP contribution in [0.2, 0.25) is 0 Å². The number of carbonyl (C=O) groups excluding carboxylic acids is 1. The van der Waals surface area contributed by atoms with Crippen molar-refractivity contribution in [1.82, 2.24) is 0 Å². The lowest BCUT2D eigenvalue weighted by atomic mass is 10.1. The molecule has 21 heavy (non-hydrogen) atoms. The van der Waals surface area contributed by atoms with Gasteiger partial charge in [0.1, 0.15) is 5.75 Å². The van der Waals surface area contributed by atoms with Crippen LogP contribution in [0, 0.1) is 0 Å². The Bertz CT molecular complexity index is 656. The van der Waals surface area contributed by atoms with Crippen LogP contribution in [0.5, 0.6) is 5.75 Å². The average Bonchev–Trinajstić information content (AvgIpc) is 2.48. The Morgan fingerprint density at radius 3 is 2.62 bits per heavy atom. The van der Waals surface area contributed by atoms with Gasteiger partial charge in [0.2, 0.25) is 0 Å². The second kappa shape index (κ2) is 7.09. The van der Waals surface area contributed by atoms with Crippen molar-refractivity contribution in [3.05, 3.63) is 58.1 Å². The predicted octanol–water partition coefficient (Wildman–Crippen LogP) is 5.17. The monoisotopic (exact) mass is 411 g/mol. The summed E-state index contributed by atoms with van der Waals surface area (Å²) in [4.78, 5) is 12.6. The standard InChI is InChI=1S/C16H15Br2NO2/c1-10(17)12-5-3-4-6-15(12)19-16(20)13-9-11(21-2)7-8-14(13)18/h3-10H,1-2H3,(H,19,20). The normalized spacial score (nSPS) is 11.8. The van der Waals surface area contributed by atoms with E-state index < -0.39 is 0 Å². The molecule has 0 bridgehead atoms. The number of ether oxygens (including phenoxy) is 1. The van der Waals surface area contributed by atoms with Crippen molar-refractivity contribution in [3.8, 4) is 5.75 Å². The fourth-order valence-corrected chi connectivity index (χ4v) is 2.78. The highest BCUT2D eigenvalue weighted by Crippen LogP contribution is 2.30. The maximum absolute atomic E-state index is 12.5. The van der Waals surface area contributed by atoms with Crippen molar-refractivity contribution in [1.29, 1.82) is 0 Å². The number of halogens is 2. The van der Waals surface area contributed by atoms with E-state index in [1.54, 1.807) is 25.3 Å². The summed E-state index contributed by atoms with van der Waals surface area (Å²) in [6.45, 7) is 2.02. The first-order valence-electron chi connectivity index (χ1n) is 6.41. The predicted molar refractivity (Wildman–Crippen MR) is 92.4 cm³/mol. The van der Waals surface area contributed by atoms with Crippen LogP contribution in [0.1, 0.15) is 27.7 Å².